The zero-order valence-electron chi connectivity index (χ0n) is 10.5. The van der Waals surface area contributed by atoms with Crippen molar-refractivity contribution in [1.29, 1.82) is 0 Å². The molecule has 0 heterocycles. The summed E-state index contributed by atoms with van der Waals surface area (Å²) < 4.78 is 6.74. The molecule has 0 radical (unpaired) electrons. The maximum absolute atomic E-state index is 11.9. The maximum atomic E-state index is 11.9. The number of carbonyl (C=O) groups is 1. The monoisotopic (exact) mass is 311 g/mol. The number of amides is 1. The molecule has 0 aliphatic heterocycles. The Morgan fingerprint density at radius 3 is 2.56 bits per heavy atom. The predicted octanol–water partition coefficient (Wildman–Crippen LogP) is 3.74. The van der Waals surface area contributed by atoms with Crippen LogP contribution in [-0.2, 0) is 9.53 Å². The largest absolute Gasteiger partial charge is 0.365 e. The molecule has 1 amide bonds. The first-order chi connectivity index (χ1) is 8.65. The summed E-state index contributed by atoms with van der Waals surface area (Å²) in [5.41, 5.74) is 0.796. The molecule has 1 unspecified atom stereocenters. The fourth-order valence-electron chi connectivity index (χ4n) is 2.15. The minimum absolute atomic E-state index is 0.0794. The lowest BCUT2D eigenvalue weighted by molar-refractivity contribution is -0.129. The van der Waals surface area contributed by atoms with Crippen LogP contribution in [-0.4, -0.2) is 18.1 Å². The molecule has 0 saturated heterocycles. The van der Waals surface area contributed by atoms with Gasteiger partial charge in [-0.3, -0.25) is 4.79 Å². The predicted molar refractivity (Wildman–Crippen MR) is 75.6 cm³/mol. The lowest BCUT2D eigenvalue weighted by atomic mass is 10.2. The smallest absolute Gasteiger partial charge is 0.253 e. The molecule has 98 valence electrons. The Labute approximate surface area is 116 Å². The van der Waals surface area contributed by atoms with Crippen molar-refractivity contribution < 1.29 is 9.53 Å². The molecule has 2 rings (SSSR count). The molecule has 1 aliphatic rings. The number of halogens is 1. The molecule has 1 aromatic rings. The van der Waals surface area contributed by atoms with Gasteiger partial charge >= 0.3 is 0 Å². The van der Waals surface area contributed by atoms with Gasteiger partial charge in [-0.25, -0.2) is 0 Å². The minimum Gasteiger partial charge on any atom is -0.365 e. The van der Waals surface area contributed by atoms with Crippen LogP contribution in [0.5, 0.6) is 0 Å². The van der Waals surface area contributed by atoms with E-state index in [0.717, 1.165) is 23.0 Å². The molecule has 1 aromatic carbocycles. The van der Waals surface area contributed by atoms with E-state index in [0.29, 0.717) is 0 Å². The SMILES string of the molecule is CC(OC1CCCC1)C(=O)Nc1ccc(Br)cc1. The summed E-state index contributed by atoms with van der Waals surface area (Å²) in [5.74, 6) is -0.0794. The number of benzene rings is 1. The van der Waals surface area contributed by atoms with Crippen LogP contribution in [0.25, 0.3) is 0 Å². The second-order valence-electron chi connectivity index (χ2n) is 4.68. The van der Waals surface area contributed by atoms with E-state index in [1.54, 1.807) is 0 Å². The van der Waals surface area contributed by atoms with Crippen LogP contribution in [0.15, 0.2) is 28.7 Å². The third-order valence-electron chi connectivity index (χ3n) is 3.18. The fraction of sp³-hybridized carbons (Fsp3) is 0.500. The minimum atomic E-state index is -0.392. The molecular formula is C14H18BrNO2. The van der Waals surface area contributed by atoms with Crippen LogP contribution >= 0.6 is 15.9 Å². The number of ether oxygens (including phenoxy) is 1. The van der Waals surface area contributed by atoms with Crippen LogP contribution in [0.3, 0.4) is 0 Å². The number of carbonyl (C=O) groups excluding carboxylic acids is 1. The van der Waals surface area contributed by atoms with Crippen molar-refractivity contribution >= 4 is 27.5 Å². The molecule has 0 aromatic heterocycles. The van der Waals surface area contributed by atoms with Gasteiger partial charge in [0, 0.05) is 10.2 Å². The Balaban J connectivity index is 1.84. The topological polar surface area (TPSA) is 38.3 Å². The zero-order valence-corrected chi connectivity index (χ0v) is 12.1. The Kier molecular flexibility index (Phi) is 4.78. The summed E-state index contributed by atoms with van der Waals surface area (Å²) in [4.78, 5) is 11.9. The Hall–Kier alpha value is -0.870. The van der Waals surface area contributed by atoms with Gasteiger partial charge in [0.2, 0.25) is 0 Å². The number of nitrogens with one attached hydrogen (secondary N) is 1. The van der Waals surface area contributed by atoms with Crippen molar-refractivity contribution in [2.45, 2.75) is 44.8 Å². The highest BCUT2D eigenvalue weighted by Gasteiger charge is 2.22. The van der Waals surface area contributed by atoms with E-state index in [1.165, 1.54) is 12.8 Å². The molecule has 1 N–H and O–H groups in total. The van der Waals surface area contributed by atoms with Gasteiger partial charge in [-0.05, 0) is 44.0 Å². The quantitative estimate of drug-likeness (QED) is 0.920. The lowest BCUT2D eigenvalue weighted by Gasteiger charge is -2.18. The van der Waals surface area contributed by atoms with Crippen molar-refractivity contribution in [2.75, 3.05) is 5.32 Å². The van der Waals surface area contributed by atoms with Crippen LogP contribution in [0.2, 0.25) is 0 Å². The highest BCUT2D eigenvalue weighted by molar-refractivity contribution is 9.10. The molecule has 1 fully saturated rings. The van der Waals surface area contributed by atoms with Gasteiger partial charge < -0.3 is 10.1 Å². The summed E-state index contributed by atoms with van der Waals surface area (Å²) in [6, 6.07) is 7.53. The van der Waals surface area contributed by atoms with Crippen molar-refractivity contribution in [3.8, 4) is 0 Å². The molecular weight excluding hydrogens is 294 g/mol. The standard InChI is InChI=1S/C14H18BrNO2/c1-10(18-13-4-2-3-5-13)14(17)16-12-8-6-11(15)7-9-12/h6-10,13H,2-5H2,1H3,(H,16,17). The van der Waals surface area contributed by atoms with E-state index in [2.05, 4.69) is 21.2 Å². The van der Waals surface area contributed by atoms with Crippen LogP contribution in [0.4, 0.5) is 5.69 Å². The first-order valence-electron chi connectivity index (χ1n) is 6.37. The van der Waals surface area contributed by atoms with Gasteiger partial charge in [-0.2, -0.15) is 0 Å². The highest BCUT2D eigenvalue weighted by Crippen LogP contribution is 2.22. The first kappa shape index (κ1) is 13.6. The van der Waals surface area contributed by atoms with Crippen LogP contribution in [0, 0.1) is 0 Å². The Morgan fingerprint density at radius 1 is 1.33 bits per heavy atom. The maximum Gasteiger partial charge on any atom is 0.253 e. The average molecular weight is 312 g/mol. The molecule has 1 atom stereocenters. The summed E-state index contributed by atoms with van der Waals surface area (Å²) in [5, 5.41) is 2.86. The van der Waals surface area contributed by atoms with E-state index in [4.69, 9.17) is 4.74 Å². The first-order valence-corrected chi connectivity index (χ1v) is 7.16. The van der Waals surface area contributed by atoms with E-state index >= 15 is 0 Å². The van der Waals surface area contributed by atoms with Crippen LogP contribution < -0.4 is 5.32 Å². The third kappa shape index (κ3) is 3.82. The number of anilines is 1. The van der Waals surface area contributed by atoms with Crippen molar-refractivity contribution in [3.05, 3.63) is 28.7 Å². The lowest BCUT2D eigenvalue weighted by Crippen LogP contribution is -2.30. The average Bonchev–Trinajstić information content (AvgIpc) is 2.85. The number of rotatable bonds is 4. The summed E-state index contributed by atoms with van der Waals surface area (Å²) in [7, 11) is 0. The van der Waals surface area contributed by atoms with Crippen molar-refractivity contribution in [1.82, 2.24) is 0 Å². The zero-order chi connectivity index (χ0) is 13.0. The van der Waals surface area contributed by atoms with Gasteiger partial charge in [0.15, 0.2) is 0 Å². The van der Waals surface area contributed by atoms with Crippen LogP contribution in [0.1, 0.15) is 32.6 Å². The summed E-state index contributed by atoms with van der Waals surface area (Å²) in [6.45, 7) is 1.81. The van der Waals surface area contributed by atoms with Gasteiger partial charge in [-0.1, -0.05) is 28.8 Å². The summed E-state index contributed by atoms with van der Waals surface area (Å²) in [6.07, 6.45) is 4.45. The Morgan fingerprint density at radius 2 is 1.94 bits per heavy atom. The normalized spacial score (nSPS) is 17.7. The molecule has 0 bridgehead atoms. The van der Waals surface area contributed by atoms with E-state index in [-0.39, 0.29) is 12.0 Å². The number of hydrogen-bond donors (Lipinski definition) is 1. The van der Waals surface area contributed by atoms with E-state index in [9.17, 15) is 4.79 Å². The highest BCUT2D eigenvalue weighted by atomic mass is 79.9. The second kappa shape index (κ2) is 6.34. The molecule has 1 aliphatic carbocycles. The summed E-state index contributed by atoms with van der Waals surface area (Å²) >= 11 is 3.36. The molecule has 3 nitrogen and oxygen atoms in total. The van der Waals surface area contributed by atoms with Crippen molar-refractivity contribution in [2.24, 2.45) is 0 Å². The van der Waals surface area contributed by atoms with Gasteiger partial charge in [0.1, 0.15) is 6.10 Å². The van der Waals surface area contributed by atoms with E-state index < -0.39 is 6.10 Å². The molecule has 18 heavy (non-hydrogen) atoms. The fourth-order valence-corrected chi connectivity index (χ4v) is 2.42. The van der Waals surface area contributed by atoms with Gasteiger partial charge in [0.05, 0.1) is 6.10 Å². The van der Waals surface area contributed by atoms with Gasteiger partial charge in [-0.15, -0.1) is 0 Å². The van der Waals surface area contributed by atoms with E-state index in [1.807, 2.05) is 31.2 Å². The Bertz CT molecular complexity index is 399. The molecule has 4 heteroatoms. The third-order valence-corrected chi connectivity index (χ3v) is 3.71. The molecule has 1 saturated carbocycles. The van der Waals surface area contributed by atoms with Crippen molar-refractivity contribution in [3.63, 3.8) is 0 Å². The number of hydrogen-bond acceptors (Lipinski definition) is 2. The van der Waals surface area contributed by atoms with Gasteiger partial charge in [0.25, 0.3) is 5.91 Å². The molecule has 0 spiro atoms. The second-order valence-corrected chi connectivity index (χ2v) is 5.60.